The maximum absolute atomic E-state index is 10.7. The van der Waals surface area contributed by atoms with Gasteiger partial charge in [0.1, 0.15) is 24.4 Å². The Morgan fingerprint density at radius 3 is 1.26 bits per heavy atom. The number of hydrogen-bond acceptors (Lipinski definition) is 6. The fourth-order valence-electron chi connectivity index (χ4n) is 4.60. The van der Waals surface area contributed by atoms with E-state index in [1.165, 1.54) is 0 Å². The van der Waals surface area contributed by atoms with Gasteiger partial charge in [-0.1, -0.05) is 121 Å². The molecule has 0 saturated heterocycles. The smallest absolute Gasteiger partial charge is 0.115 e. The molecule has 1 N–H and O–H groups in total. The lowest BCUT2D eigenvalue weighted by atomic mass is 10.0. The molecule has 4 aromatic carbocycles. The molecule has 0 aromatic heterocycles. The number of rotatable bonds is 19. The highest BCUT2D eigenvalue weighted by atomic mass is 16.6. The van der Waals surface area contributed by atoms with Crippen molar-refractivity contribution in [1.29, 1.82) is 0 Å². The molecule has 42 heavy (non-hydrogen) atoms. The van der Waals surface area contributed by atoms with Crippen LogP contribution < -0.4 is 0 Å². The van der Waals surface area contributed by atoms with Crippen LogP contribution >= 0.6 is 0 Å². The zero-order valence-corrected chi connectivity index (χ0v) is 24.0. The summed E-state index contributed by atoms with van der Waals surface area (Å²) in [5.74, 6) is 0. The van der Waals surface area contributed by atoms with Crippen LogP contribution in [-0.2, 0) is 50.1 Å². The van der Waals surface area contributed by atoms with Gasteiger partial charge in [-0.15, -0.1) is 0 Å². The van der Waals surface area contributed by atoms with Crippen molar-refractivity contribution < 1.29 is 30.2 Å². The second-order valence-electron chi connectivity index (χ2n) is 9.95. The minimum absolute atomic E-state index is 0.133. The highest BCUT2D eigenvalue weighted by molar-refractivity contribution is 5.16. The summed E-state index contributed by atoms with van der Waals surface area (Å²) in [5, 5.41) is 10.7. The molecular formula is C36H42O6. The van der Waals surface area contributed by atoms with E-state index in [1.54, 1.807) is 0 Å². The van der Waals surface area contributed by atoms with Gasteiger partial charge in [0, 0.05) is 7.98 Å². The van der Waals surface area contributed by atoms with Gasteiger partial charge in [-0.05, 0) is 29.2 Å². The Labute approximate surface area is 251 Å². The summed E-state index contributed by atoms with van der Waals surface area (Å²) in [4.78, 5) is 0. The van der Waals surface area contributed by atoms with Crippen LogP contribution in [0.25, 0.3) is 0 Å². The van der Waals surface area contributed by atoms with E-state index < -0.39 is 24.4 Å². The summed E-state index contributed by atoms with van der Waals surface area (Å²) in [6.07, 6.45) is -2.68. The normalized spacial score (nSPS) is 14.5. The molecule has 0 heterocycles. The lowest BCUT2D eigenvalue weighted by molar-refractivity contribution is -0.204. The van der Waals surface area contributed by atoms with Gasteiger partial charge in [-0.2, -0.15) is 0 Å². The number of benzene rings is 4. The minimum Gasteiger partial charge on any atom is -0.394 e. The Bertz CT molecular complexity index is 1250. The molecule has 4 atom stereocenters. The van der Waals surface area contributed by atoms with Gasteiger partial charge in [0.25, 0.3) is 0 Å². The third kappa shape index (κ3) is 10.5. The van der Waals surface area contributed by atoms with Gasteiger partial charge in [0.05, 0.1) is 39.6 Å². The van der Waals surface area contributed by atoms with E-state index in [2.05, 4.69) is 0 Å². The predicted molar refractivity (Wildman–Crippen MR) is 164 cm³/mol. The molecule has 4 rings (SSSR count). The van der Waals surface area contributed by atoms with E-state index in [1.807, 2.05) is 121 Å². The van der Waals surface area contributed by atoms with Crippen molar-refractivity contribution in [3.05, 3.63) is 144 Å². The van der Waals surface area contributed by atoms with Crippen LogP contribution in [0.3, 0.4) is 0 Å². The molecule has 0 fully saturated rings. The van der Waals surface area contributed by atoms with Crippen LogP contribution in [0, 0.1) is 0 Å². The van der Waals surface area contributed by atoms with Crippen molar-refractivity contribution in [3.63, 3.8) is 0 Å². The molecule has 6 nitrogen and oxygen atoms in total. The van der Waals surface area contributed by atoms with E-state index >= 15 is 0 Å². The molecule has 0 aliphatic carbocycles. The SMILES string of the molecule is [3H]CCOC[C@@H](OCc1ccccc1)C(OCc1ccccc1)[C@H](OCc1ccccc1)[C@@H](CO)OCc1ccccc1. The van der Waals surface area contributed by atoms with Gasteiger partial charge in [-0.3, -0.25) is 0 Å². The Balaban J connectivity index is 1.64. The molecule has 1 unspecified atom stereocenters. The third-order valence-electron chi connectivity index (χ3n) is 6.85. The largest absolute Gasteiger partial charge is 0.394 e. The van der Waals surface area contributed by atoms with Gasteiger partial charge >= 0.3 is 0 Å². The van der Waals surface area contributed by atoms with Crippen LogP contribution in [0.15, 0.2) is 121 Å². The molecule has 6 heteroatoms. The predicted octanol–water partition coefficient (Wildman–Crippen LogP) is 6.36. The Hall–Kier alpha value is -3.36. The molecule has 0 aliphatic heterocycles. The average Bonchev–Trinajstić information content (AvgIpc) is 3.07. The third-order valence-corrected chi connectivity index (χ3v) is 6.85. The Morgan fingerprint density at radius 1 is 0.524 bits per heavy atom. The van der Waals surface area contributed by atoms with E-state index in [0.29, 0.717) is 26.4 Å². The van der Waals surface area contributed by atoms with Gasteiger partial charge < -0.3 is 28.8 Å². The first-order chi connectivity index (χ1) is 21.3. The van der Waals surface area contributed by atoms with Crippen LogP contribution in [0.2, 0.25) is 0 Å². The second-order valence-corrected chi connectivity index (χ2v) is 9.95. The zero-order chi connectivity index (χ0) is 30.0. The summed E-state index contributed by atoms with van der Waals surface area (Å²) < 4.78 is 39.5. The summed E-state index contributed by atoms with van der Waals surface area (Å²) in [6, 6.07) is 39.5. The quantitative estimate of drug-likeness (QED) is 0.132. The lowest BCUT2D eigenvalue weighted by Crippen LogP contribution is -2.52. The maximum atomic E-state index is 10.7. The van der Waals surface area contributed by atoms with E-state index in [0.717, 1.165) is 22.3 Å². The summed E-state index contributed by atoms with van der Waals surface area (Å²) in [5.41, 5.74) is 3.98. The van der Waals surface area contributed by atoms with Crippen LogP contribution in [0.1, 0.15) is 30.5 Å². The van der Waals surface area contributed by atoms with Crippen molar-refractivity contribution in [3.8, 4) is 0 Å². The molecule has 0 aliphatic rings. The van der Waals surface area contributed by atoms with Crippen molar-refractivity contribution in [2.75, 3.05) is 19.8 Å². The van der Waals surface area contributed by atoms with Crippen molar-refractivity contribution in [2.24, 2.45) is 0 Å². The number of aliphatic hydroxyl groups excluding tert-OH is 1. The molecule has 222 valence electrons. The Morgan fingerprint density at radius 2 is 0.881 bits per heavy atom. The molecule has 0 bridgehead atoms. The fourth-order valence-corrected chi connectivity index (χ4v) is 4.60. The van der Waals surface area contributed by atoms with E-state index in [9.17, 15) is 5.11 Å². The highest BCUT2D eigenvalue weighted by Crippen LogP contribution is 2.23. The molecule has 0 spiro atoms. The first-order valence-corrected chi connectivity index (χ1v) is 14.4. The maximum Gasteiger partial charge on any atom is 0.115 e. The monoisotopic (exact) mass is 572 g/mol. The van der Waals surface area contributed by atoms with Gasteiger partial charge in [0.15, 0.2) is 0 Å². The van der Waals surface area contributed by atoms with Crippen molar-refractivity contribution in [1.82, 2.24) is 0 Å². The topological polar surface area (TPSA) is 66.4 Å². The molecular weight excluding hydrogens is 528 g/mol. The average molecular weight is 573 g/mol. The summed E-state index contributed by atoms with van der Waals surface area (Å²) >= 11 is 0. The Kier molecular flexibility index (Phi) is 13.1. The van der Waals surface area contributed by atoms with Gasteiger partial charge in [-0.25, -0.2) is 0 Å². The summed E-state index contributed by atoms with van der Waals surface area (Å²) in [7, 11) is 0. The molecule has 0 radical (unpaired) electrons. The number of aliphatic hydroxyl groups is 1. The van der Waals surface area contributed by atoms with Crippen molar-refractivity contribution in [2.45, 2.75) is 57.7 Å². The standard InChI is InChI=1S/C36H42O6/c1-2-38-28-34(40-25-30-17-9-4-10-18-30)36(42-27-32-21-13-6-14-22-32)35(41-26-31-19-11-5-12-20-31)33(23-37)39-24-29-15-7-3-8-16-29/h3-22,33-37H,2,23-28H2,1H3/t33-,34-,35-,36?/m1/s1/i1T. The highest BCUT2D eigenvalue weighted by Gasteiger charge is 2.38. The van der Waals surface area contributed by atoms with Gasteiger partial charge in [0.2, 0.25) is 0 Å². The fraction of sp³-hybridized carbons (Fsp3) is 0.333. The zero-order valence-electron chi connectivity index (χ0n) is 25.0. The molecule has 0 amide bonds. The van der Waals surface area contributed by atoms with Crippen LogP contribution in [0.4, 0.5) is 0 Å². The summed E-state index contributed by atoms with van der Waals surface area (Å²) in [6.45, 7) is 1.53. The lowest BCUT2D eigenvalue weighted by Gasteiger charge is -2.37. The van der Waals surface area contributed by atoms with Crippen LogP contribution in [0.5, 0.6) is 0 Å². The van der Waals surface area contributed by atoms with Crippen molar-refractivity contribution >= 4 is 0 Å². The molecule has 0 saturated carbocycles. The van der Waals surface area contributed by atoms with Crippen LogP contribution in [-0.4, -0.2) is 49.3 Å². The first kappa shape index (κ1) is 30.1. The first-order valence-electron chi connectivity index (χ1n) is 15.1. The number of ether oxygens (including phenoxy) is 5. The molecule has 4 aromatic rings. The number of hydrogen-bond donors (Lipinski definition) is 1. The second kappa shape index (κ2) is 18.2. The minimum atomic E-state index is -0.719. The van der Waals surface area contributed by atoms with E-state index in [-0.39, 0.29) is 26.7 Å². The van der Waals surface area contributed by atoms with E-state index in [4.69, 9.17) is 25.1 Å².